The molecule has 1 saturated heterocycles. The molecule has 2 amide bonds. The summed E-state index contributed by atoms with van der Waals surface area (Å²) in [7, 11) is 0. The summed E-state index contributed by atoms with van der Waals surface area (Å²) in [5, 5.41) is 3.05. The molecule has 0 aromatic heterocycles. The highest BCUT2D eigenvalue weighted by Crippen LogP contribution is 2.39. The molecule has 3 N–H and O–H groups in total. The van der Waals surface area contributed by atoms with Gasteiger partial charge in [0.05, 0.1) is 18.6 Å². The molecule has 1 aromatic carbocycles. The van der Waals surface area contributed by atoms with Crippen molar-refractivity contribution in [1.82, 2.24) is 10.2 Å². The minimum atomic E-state index is -0.298. The summed E-state index contributed by atoms with van der Waals surface area (Å²) < 4.78 is 0. The molecule has 2 aliphatic rings. The van der Waals surface area contributed by atoms with Gasteiger partial charge in [-0.25, -0.2) is 0 Å². The van der Waals surface area contributed by atoms with Crippen LogP contribution in [0.4, 0.5) is 0 Å². The van der Waals surface area contributed by atoms with E-state index in [-0.39, 0.29) is 30.4 Å². The second-order valence-corrected chi connectivity index (χ2v) is 7.14. The lowest BCUT2D eigenvalue weighted by atomic mass is 9.84. The van der Waals surface area contributed by atoms with Crippen LogP contribution < -0.4 is 11.1 Å². The fraction of sp³-hybridized carbons (Fsp3) is 0.579. The number of rotatable bonds is 5. The second-order valence-electron chi connectivity index (χ2n) is 7.14. The number of hydrogen-bond acceptors (Lipinski definition) is 3. The first-order valence-electron chi connectivity index (χ1n) is 8.95. The zero-order valence-electron chi connectivity index (χ0n) is 14.3. The van der Waals surface area contributed by atoms with E-state index < -0.39 is 0 Å². The Morgan fingerprint density at radius 3 is 2.67 bits per heavy atom. The molecule has 130 valence electrons. The van der Waals surface area contributed by atoms with E-state index in [1.165, 1.54) is 12.8 Å². The zero-order valence-corrected chi connectivity index (χ0v) is 14.3. The highest BCUT2D eigenvalue weighted by Gasteiger charge is 2.44. The molecule has 1 aliphatic carbocycles. The Morgan fingerprint density at radius 2 is 1.96 bits per heavy atom. The first-order chi connectivity index (χ1) is 11.6. The number of carbonyl (C=O) groups is 2. The van der Waals surface area contributed by atoms with Gasteiger partial charge in [0, 0.05) is 6.04 Å². The van der Waals surface area contributed by atoms with E-state index in [2.05, 4.69) is 10.2 Å². The van der Waals surface area contributed by atoms with Crippen molar-refractivity contribution >= 4 is 11.8 Å². The summed E-state index contributed by atoms with van der Waals surface area (Å²) in [5.74, 6) is 0.174. The van der Waals surface area contributed by atoms with Crippen LogP contribution in [0.3, 0.4) is 0 Å². The van der Waals surface area contributed by atoms with E-state index in [1.807, 2.05) is 37.3 Å². The normalized spacial score (nSPS) is 28.1. The zero-order chi connectivity index (χ0) is 17.1. The molecule has 5 nitrogen and oxygen atoms in total. The van der Waals surface area contributed by atoms with Crippen molar-refractivity contribution in [3.8, 4) is 0 Å². The molecular formula is C19H27N3O2. The predicted octanol–water partition coefficient (Wildman–Crippen LogP) is 1.98. The van der Waals surface area contributed by atoms with Crippen molar-refractivity contribution in [2.45, 2.75) is 57.2 Å². The molecule has 1 aromatic rings. The average Bonchev–Trinajstić information content (AvgIpc) is 2.94. The first kappa shape index (κ1) is 17.0. The van der Waals surface area contributed by atoms with Crippen LogP contribution >= 0.6 is 0 Å². The van der Waals surface area contributed by atoms with Crippen molar-refractivity contribution in [1.29, 1.82) is 0 Å². The topological polar surface area (TPSA) is 75.4 Å². The van der Waals surface area contributed by atoms with Gasteiger partial charge in [0.25, 0.3) is 0 Å². The average molecular weight is 329 g/mol. The van der Waals surface area contributed by atoms with Gasteiger partial charge in [0.1, 0.15) is 0 Å². The van der Waals surface area contributed by atoms with E-state index in [9.17, 15) is 9.59 Å². The highest BCUT2D eigenvalue weighted by atomic mass is 16.2. The van der Waals surface area contributed by atoms with E-state index in [0.717, 1.165) is 24.8 Å². The van der Waals surface area contributed by atoms with Crippen molar-refractivity contribution in [2.24, 2.45) is 11.7 Å². The third-order valence-corrected chi connectivity index (χ3v) is 5.55. The van der Waals surface area contributed by atoms with E-state index in [4.69, 9.17) is 5.73 Å². The standard InChI is InChI=1S/C19H27N3O2/c1-13(14-7-3-2-4-8-14)21-18(23)12-22-16-10-6-5-9-15(16)11-17(22)19(20)24/h2-4,7-8,13,15-17H,5-6,9-12H2,1H3,(H2,20,24)(H,21,23)/t13-,15+,16+,17-/m0/s1. The van der Waals surface area contributed by atoms with Gasteiger partial charge in [-0.15, -0.1) is 0 Å². The maximum absolute atomic E-state index is 12.5. The molecule has 2 fully saturated rings. The number of primary amides is 1. The van der Waals surface area contributed by atoms with Gasteiger partial charge in [-0.3, -0.25) is 14.5 Å². The fourth-order valence-corrected chi connectivity index (χ4v) is 4.34. The summed E-state index contributed by atoms with van der Waals surface area (Å²) in [6.07, 6.45) is 5.41. The van der Waals surface area contributed by atoms with Gasteiger partial charge in [-0.1, -0.05) is 43.2 Å². The van der Waals surface area contributed by atoms with Crippen molar-refractivity contribution in [3.05, 3.63) is 35.9 Å². The maximum Gasteiger partial charge on any atom is 0.234 e. The third kappa shape index (κ3) is 3.61. The van der Waals surface area contributed by atoms with Crippen LogP contribution in [0.1, 0.15) is 50.6 Å². The van der Waals surface area contributed by atoms with Crippen LogP contribution in [0.5, 0.6) is 0 Å². The second kappa shape index (κ2) is 7.34. The Bertz CT molecular complexity index is 590. The predicted molar refractivity (Wildman–Crippen MR) is 93.1 cm³/mol. The summed E-state index contributed by atoms with van der Waals surface area (Å²) >= 11 is 0. The Labute approximate surface area is 143 Å². The summed E-state index contributed by atoms with van der Waals surface area (Å²) in [5.41, 5.74) is 6.68. The van der Waals surface area contributed by atoms with Crippen LogP contribution in [0.15, 0.2) is 30.3 Å². The smallest absolute Gasteiger partial charge is 0.234 e. The Kier molecular flexibility index (Phi) is 5.19. The van der Waals surface area contributed by atoms with Crippen molar-refractivity contribution in [3.63, 3.8) is 0 Å². The molecule has 5 heteroatoms. The van der Waals surface area contributed by atoms with Gasteiger partial charge >= 0.3 is 0 Å². The van der Waals surface area contributed by atoms with Crippen LogP contribution in [0.2, 0.25) is 0 Å². The number of hydrogen-bond donors (Lipinski definition) is 2. The maximum atomic E-state index is 12.5. The molecule has 0 unspecified atom stereocenters. The quantitative estimate of drug-likeness (QED) is 0.867. The molecule has 4 atom stereocenters. The minimum Gasteiger partial charge on any atom is -0.368 e. The molecule has 3 rings (SSSR count). The Hall–Kier alpha value is -1.88. The van der Waals surface area contributed by atoms with E-state index in [0.29, 0.717) is 12.0 Å². The largest absolute Gasteiger partial charge is 0.368 e. The van der Waals surface area contributed by atoms with Gasteiger partial charge < -0.3 is 11.1 Å². The van der Waals surface area contributed by atoms with Gasteiger partial charge in [0.15, 0.2) is 0 Å². The fourth-order valence-electron chi connectivity index (χ4n) is 4.34. The lowest BCUT2D eigenvalue weighted by Crippen LogP contribution is -2.49. The molecule has 24 heavy (non-hydrogen) atoms. The molecule has 0 spiro atoms. The number of likely N-dealkylation sites (tertiary alicyclic amines) is 1. The van der Waals surface area contributed by atoms with E-state index in [1.54, 1.807) is 0 Å². The number of fused-ring (bicyclic) bond motifs is 1. The van der Waals surface area contributed by atoms with Crippen LogP contribution in [0, 0.1) is 5.92 Å². The molecule has 1 saturated carbocycles. The first-order valence-corrected chi connectivity index (χ1v) is 8.95. The Morgan fingerprint density at radius 1 is 1.25 bits per heavy atom. The number of amides is 2. The number of nitrogens with zero attached hydrogens (tertiary/aromatic N) is 1. The van der Waals surface area contributed by atoms with Gasteiger partial charge in [0.2, 0.25) is 11.8 Å². The van der Waals surface area contributed by atoms with Crippen molar-refractivity contribution < 1.29 is 9.59 Å². The van der Waals surface area contributed by atoms with Crippen LogP contribution in [-0.4, -0.2) is 35.3 Å². The summed E-state index contributed by atoms with van der Waals surface area (Å²) in [6, 6.07) is 9.89. The number of nitrogens with two attached hydrogens (primary N) is 1. The van der Waals surface area contributed by atoms with Gasteiger partial charge in [-0.2, -0.15) is 0 Å². The summed E-state index contributed by atoms with van der Waals surface area (Å²) in [4.78, 5) is 26.4. The Balaban J connectivity index is 1.64. The van der Waals surface area contributed by atoms with Crippen molar-refractivity contribution in [2.75, 3.05) is 6.54 Å². The molecule has 1 aliphatic heterocycles. The van der Waals surface area contributed by atoms with Crippen LogP contribution in [0.25, 0.3) is 0 Å². The molecular weight excluding hydrogens is 302 g/mol. The highest BCUT2D eigenvalue weighted by molar-refractivity contribution is 5.83. The molecule has 0 bridgehead atoms. The van der Waals surface area contributed by atoms with Gasteiger partial charge in [-0.05, 0) is 37.7 Å². The monoisotopic (exact) mass is 329 g/mol. The summed E-state index contributed by atoms with van der Waals surface area (Å²) in [6.45, 7) is 2.23. The number of nitrogens with one attached hydrogen (secondary N) is 1. The minimum absolute atomic E-state index is 0.0381. The SMILES string of the molecule is C[C@H](NC(=O)CN1[C@@H]2CCCC[C@@H]2C[C@H]1C(N)=O)c1ccccc1. The molecule has 1 heterocycles. The molecule has 0 radical (unpaired) electrons. The van der Waals surface area contributed by atoms with E-state index >= 15 is 0 Å². The number of carbonyl (C=O) groups excluding carboxylic acids is 2. The lowest BCUT2D eigenvalue weighted by Gasteiger charge is -2.33. The lowest BCUT2D eigenvalue weighted by molar-refractivity contribution is -0.127. The third-order valence-electron chi connectivity index (χ3n) is 5.55. The number of benzene rings is 1. The van der Waals surface area contributed by atoms with Crippen LogP contribution in [-0.2, 0) is 9.59 Å².